The molecular formula is C8H10N6O. The van der Waals surface area contributed by atoms with E-state index in [0.717, 1.165) is 11.6 Å². The van der Waals surface area contributed by atoms with Crippen molar-refractivity contribution in [3.05, 3.63) is 17.5 Å². The number of hydrogen-bond acceptors (Lipinski definition) is 6. The molecule has 0 bridgehead atoms. The first-order chi connectivity index (χ1) is 7.33. The highest BCUT2D eigenvalue weighted by atomic mass is 16.5. The van der Waals surface area contributed by atoms with Crippen LogP contribution in [0.2, 0.25) is 0 Å². The predicted octanol–water partition coefficient (Wildman–Crippen LogP) is 0.290. The molecule has 1 aliphatic carbocycles. The van der Waals surface area contributed by atoms with Crippen molar-refractivity contribution in [3.63, 3.8) is 0 Å². The molecule has 0 aromatic carbocycles. The maximum Gasteiger partial charge on any atom is 0.248 e. The van der Waals surface area contributed by atoms with E-state index in [-0.39, 0.29) is 0 Å². The molecule has 1 saturated carbocycles. The Kier molecular flexibility index (Phi) is 1.77. The summed E-state index contributed by atoms with van der Waals surface area (Å²) >= 11 is 0. The summed E-state index contributed by atoms with van der Waals surface area (Å²) in [4.78, 5) is 4.29. The van der Waals surface area contributed by atoms with Gasteiger partial charge in [0, 0.05) is 5.92 Å². The summed E-state index contributed by atoms with van der Waals surface area (Å²) in [7, 11) is 0. The molecule has 2 aromatic heterocycles. The Balaban J connectivity index is 1.79. The molecule has 0 aliphatic heterocycles. The van der Waals surface area contributed by atoms with E-state index < -0.39 is 0 Å². The lowest BCUT2D eigenvalue weighted by atomic mass is 10.4. The Morgan fingerprint density at radius 1 is 1.47 bits per heavy atom. The van der Waals surface area contributed by atoms with Gasteiger partial charge in [-0.3, -0.25) is 0 Å². The zero-order valence-corrected chi connectivity index (χ0v) is 8.29. The molecule has 2 heterocycles. The quantitative estimate of drug-likeness (QED) is 0.717. The Morgan fingerprint density at radius 3 is 3.00 bits per heavy atom. The smallest absolute Gasteiger partial charge is 0.248 e. The van der Waals surface area contributed by atoms with E-state index in [4.69, 9.17) is 4.52 Å². The van der Waals surface area contributed by atoms with Gasteiger partial charge < -0.3 is 4.52 Å². The summed E-state index contributed by atoms with van der Waals surface area (Å²) in [6.07, 6.45) is 2.34. The molecule has 0 amide bonds. The van der Waals surface area contributed by atoms with Crippen LogP contribution >= 0.6 is 0 Å². The lowest BCUT2D eigenvalue weighted by Gasteiger charge is -1.94. The fourth-order valence-corrected chi connectivity index (χ4v) is 1.36. The maximum atomic E-state index is 5.12. The topological polar surface area (TPSA) is 82.5 Å². The van der Waals surface area contributed by atoms with Gasteiger partial charge >= 0.3 is 0 Å². The standard InChI is InChI=1S/C8H10N6O/c1-5-10-12-13-14(5)4-7-9-8(11-15-7)6-2-3-6/h6H,2-4H2,1H3. The van der Waals surface area contributed by atoms with Gasteiger partial charge in [-0.25, -0.2) is 4.68 Å². The van der Waals surface area contributed by atoms with Crippen LogP contribution in [0.3, 0.4) is 0 Å². The Morgan fingerprint density at radius 2 is 2.33 bits per heavy atom. The molecule has 2 aromatic rings. The molecule has 1 aliphatic rings. The molecule has 7 nitrogen and oxygen atoms in total. The Bertz CT molecular complexity index is 471. The van der Waals surface area contributed by atoms with Crippen LogP contribution in [0.4, 0.5) is 0 Å². The second-order valence-corrected chi connectivity index (χ2v) is 3.70. The van der Waals surface area contributed by atoms with Gasteiger partial charge in [0.2, 0.25) is 5.89 Å². The van der Waals surface area contributed by atoms with E-state index in [1.165, 1.54) is 12.8 Å². The first kappa shape index (κ1) is 8.51. The third-order valence-electron chi connectivity index (χ3n) is 2.42. The van der Waals surface area contributed by atoms with Gasteiger partial charge in [0.05, 0.1) is 0 Å². The van der Waals surface area contributed by atoms with Crippen molar-refractivity contribution in [2.24, 2.45) is 0 Å². The lowest BCUT2D eigenvalue weighted by molar-refractivity contribution is 0.358. The zero-order chi connectivity index (χ0) is 10.3. The first-order valence-electron chi connectivity index (χ1n) is 4.88. The molecule has 0 saturated heterocycles. The minimum absolute atomic E-state index is 0.443. The largest absolute Gasteiger partial charge is 0.337 e. The summed E-state index contributed by atoms with van der Waals surface area (Å²) in [5, 5.41) is 15.1. The number of aryl methyl sites for hydroxylation is 1. The number of aromatic nitrogens is 6. The number of rotatable bonds is 3. The fraction of sp³-hybridized carbons (Fsp3) is 0.625. The third-order valence-corrected chi connectivity index (χ3v) is 2.42. The number of nitrogens with zero attached hydrogens (tertiary/aromatic N) is 6. The van der Waals surface area contributed by atoms with Crippen molar-refractivity contribution < 1.29 is 4.52 Å². The van der Waals surface area contributed by atoms with Crippen LogP contribution in [0, 0.1) is 6.92 Å². The van der Waals surface area contributed by atoms with Gasteiger partial charge in [-0.1, -0.05) is 5.16 Å². The molecule has 0 atom stereocenters. The average Bonchev–Trinajstić information content (AvgIpc) is 2.86. The number of tetrazole rings is 1. The van der Waals surface area contributed by atoms with Crippen LogP contribution < -0.4 is 0 Å². The van der Waals surface area contributed by atoms with Crippen molar-refractivity contribution >= 4 is 0 Å². The highest BCUT2D eigenvalue weighted by Crippen LogP contribution is 2.38. The van der Waals surface area contributed by atoms with Gasteiger partial charge in [0.1, 0.15) is 12.4 Å². The maximum absolute atomic E-state index is 5.12. The highest BCUT2D eigenvalue weighted by molar-refractivity contribution is 5.03. The van der Waals surface area contributed by atoms with E-state index in [0.29, 0.717) is 18.4 Å². The van der Waals surface area contributed by atoms with Crippen LogP contribution in [0.5, 0.6) is 0 Å². The van der Waals surface area contributed by atoms with Crippen molar-refractivity contribution in [2.75, 3.05) is 0 Å². The molecule has 0 spiro atoms. The third kappa shape index (κ3) is 1.60. The van der Waals surface area contributed by atoms with Crippen LogP contribution in [0.25, 0.3) is 0 Å². The van der Waals surface area contributed by atoms with Crippen molar-refractivity contribution in [2.45, 2.75) is 32.2 Å². The SMILES string of the molecule is Cc1nnnn1Cc1nc(C2CC2)no1. The minimum atomic E-state index is 0.443. The molecule has 0 radical (unpaired) electrons. The molecule has 0 unspecified atom stereocenters. The molecule has 3 rings (SSSR count). The lowest BCUT2D eigenvalue weighted by Crippen LogP contribution is -2.04. The highest BCUT2D eigenvalue weighted by Gasteiger charge is 2.28. The average molecular weight is 206 g/mol. The van der Waals surface area contributed by atoms with Crippen LogP contribution in [-0.4, -0.2) is 30.3 Å². The molecule has 7 heteroatoms. The van der Waals surface area contributed by atoms with Gasteiger partial charge in [-0.05, 0) is 30.2 Å². The molecular weight excluding hydrogens is 196 g/mol. The Hall–Kier alpha value is -1.79. The van der Waals surface area contributed by atoms with E-state index in [1.54, 1.807) is 4.68 Å². The normalized spacial score (nSPS) is 15.8. The monoisotopic (exact) mass is 206 g/mol. The van der Waals surface area contributed by atoms with E-state index in [1.807, 2.05) is 6.92 Å². The summed E-state index contributed by atoms with van der Waals surface area (Å²) < 4.78 is 6.75. The van der Waals surface area contributed by atoms with E-state index in [9.17, 15) is 0 Å². The van der Waals surface area contributed by atoms with Crippen LogP contribution in [0.15, 0.2) is 4.52 Å². The minimum Gasteiger partial charge on any atom is -0.337 e. The first-order valence-corrected chi connectivity index (χ1v) is 4.88. The van der Waals surface area contributed by atoms with Crippen molar-refractivity contribution in [3.8, 4) is 0 Å². The predicted molar refractivity (Wildman–Crippen MR) is 47.9 cm³/mol. The number of hydrogen-bond donors (Lipinski definition) is 0. The molecule has 15 heavy (non-hydrogen) atoms. The van der Waals surface area contributed by atoms with Crippen molar-refractivity contribution in [1.29, 1.82) is 0 Å². The summed E-state index contributed by atoms with van der Waals surface area (Å²) in [5.74, 6) is 2.63. The molecule has 0 N–H and O–H groups in total. The second kappa shape index (κ2) is 3.11. The zero-order valence-electron chi connectivity index (χ0n) is 8.29. The van der Waals surface area contributed by atoms with Crippen LogP contribution in [0.1, 0.15) is 36.3 Å². The van der Waals surface area contributed by atoms with Crippen LogP contribution in [-0.2, 0) is 6.54 Å². The summed E-state index contributed by atoms with van der Waals surface area (Å²) in [6.45, 7) is 2.27. The van der Waals surface area contributed by atoms with Gasteiger partial charge in [-0.15, -0.1) is 5.10 Å². The molecule has 78 valence electrons. The summed E-state index contributed by atoms with van der Waals surface area (Å²) in [6, 6.07) is 0. The van der Waals surface area contributed by atoms with Gasteiger partial charge in [0.25, 0.3) is 0 Å². The van der Waals surface area contributed by atoms with E-state index in [2.05, 4.69) is 25.7 Å². The molecule has 1 fully saturated rings. The van der Waals surface area contributed by atoms with Gasteiger partial charge in [0.15, 0.2) is 5.82 Å². The second-order valence-electron chi connectivity index (χ2n) is 3.70. The van der Waals surface area contributed by atoms with Gasteiger partial charge in [-0.2, -0.15) is 4.98 Å². The van der Waals surface area contributed by atoms with E-state index >= 15 is 0 Å². The van der Waals surface area contributed by atoms with Crippen molar-refractivity contribution in [1.82, 2.24) is 30.3 Å². The Labute approximate surface area is 85.5 Å². The summed E-state index contributed by atoms with van der Waals surface area (Å²) in [5.41, 5.74) is 0. The fourth-order valence-electron chi connectivity index (χ4n) is 1.36.